The Kier molecular flexibility index (Phi) is 6.70. The van der Waals surface area contributed by atoms with Gasteiger partial charge in [0.15, 0.2) is 0 Å². The van der Waals surface area contributed by atoms with Crippen LogP contribution in [0.3, 0.4) is 0 Å². The zero-order valence-electron chi connectivity index (χ0n) is 29.6. The zero-order chi connectivity index (χ0) is 34.4. The van der Waals surface area contributed by atoms with Crippen molar-refractivity contribution in [1.29, 1.82) is 0 Å². The van der Waals surface area contributed by atoms with Crippen molar-refractivity contribution in [2.24, 2.45) is 0 Å². The van der Waals surface area contributed by atoms with Crippen LogP contribution in [-0.2, 0) is 0 Å². The molecule has 0 atom stereocenters. The van der Waals surface area contributed by atoms with Crippen LogP contribution in [0.5, 0.6) is 0 Å². The van der Waals surface area contributed by atoms with E-state index < -0.39 is 0 Å². The van der Waals surface area contributed by atoms with E-state index in [-0.39, 0.29) is 6.04 Å². The number of aromatic nitrogens is 1. The van der Waals surface area contributed by atoms with Gasteiger partial charge in [0.25, 0.3) is 0 Å². The third kappa shape index (κ3) is 4.79. The summed E-state index contributed by atoms with van der Waals surface area (Å²) in [6.45, 7) is 9.13. The molecule has 51 heavy (non-hydrogen) atoms. The normalized spacial score (nSPS) is 13.0. The van der Waals surface area contributed by atoms with Crippen LogP contribution in [0, 0.1) is 0 Å². The van der Waals surface area contributed by atoms with Gasteiger partial charge < -0.3 is 0 Å². The molecule has 7 aromatic carbocycles. The van der Waals surface area contributed by atoms with Crippen molar-refractivity contribution in [1.82, 2.24) is 0 Å². The number of hydrogen-bond donors (Lipinski definition) is 0. The van der Waals surface area contributed by atoms with Crippen molar-refractivity contribution in [2.45, 2.75) is 45.6 Å². The predicted molar refractivity (Wildman–Crippen MR) is 214 cm³/mol. The summed E-state index contributed by atoms with van der Waals surface area (Å²) in [6.07, 6.45) is 0. The smallest absolute Gasteiger partial charge is 0.180 e. The first-order chi connectivity index (χ1) is 24.9. The second-order valence-electron chi connectivity index (χ2n) is 15.2. The van der Waals surface area contributed by atoms with E-state index >= 15 is 0 Å². The van der Waals surface area contributed by atoms with Gasteiger partial charge in [-0.15, -0.1) is 0 Å². The van der Waals surface area contributed by atoms with Crippen molar-refractivity contribution < 1.29 is 4.57 Å². The first-order valence-corrected chi connectivity index (χ1v) is 18.4. The number of pyridine rings is 1. The van der Waals surface area contributed by atoms with E-state index in [0.717, 1.165) is 0 Å². The molecule has 0 N–H and O–H groups in total. The highest BCUT2D eigenvalue weighted by Gasteiger charge is 2.47. The lowest BCUT2D eigenvalue weighted by Gasteiger charge is -2.12. The van der Waals surface area contributed by atoms with Crippen LogP contribution in [0.25, 0.3) is 77.4 Å². The van der Waals surface area contributed by atoms with Gasteiger partial charge in [-0.25, -0.2) is 0 Å². The van der Waals surface area contributed by atoms with Crippen LogP contribution in [0.2, 0.25) is 0 Å². The Morgan fingerprint density at radius 1 is 0.373 bits per heavy atom. The zero-order valence-corrected chi connectivity index (χ0v) is 29.6. The molecule has 2 aliphatic heterocycles. The summed E-state index contributed by atoms with van der Waals surface area (Å²) in [5.41, 5.74) is 18.3. The van der Waals surface area contributed by atoms with Gasteiger partial charge in [0, 0.05) is 23.3 Å². The van der Waals surface area contributed by atoms with Crippen molar-refractivity contribution in [3.63, 3.8) is 0 Å². The standard InChI is InChI=1S/C50H40N/c1-30(2)34-15-17-36-24-46-44(26-41(36)19-34)48-28-43(40-22-38(32-11-7-5-8-12-32)21-39(23-40)33-13-9-6-10-14-33)29-49-45-27-42-20-35(31(3)4)16-18-37(42)25-47(45)50(46)51(48)49/h5-31,50H,1-4H3/q+1. The summed E-state index contributed by atoms with van der Waals surface area (Å²) in [5, 5.41) is 5.26. The molecule has 2 aliphatic rings. The highest BCUT2D eigenvalue weighted by Crippen LogP contribution is 2.50. The van der Waals surface area contributed by atoms with Crippen LogP contribution in [0.4, 0.5) is 0 Å². The molecule has 0 aliphatic carbocycles. The lowest BCUT2D eigenvalue weighted by Crippen LogP contribution is -2.36. The maximum Gasteiger partial charge on any atom is 0.215 e. The van der Waals surface area contributed by atoms with Gasteiger partial charge in [0.05, 0.1) is 11.1 Å². The van der Waals surface area contributed by atoms with E-state index in [1.807, 2.05) is 0 Å². The molecule has 10 rings (SSSR count). The molecule has 0 saturated carbocycles. The second-order valence-corrected chi connectivity index (χ2v) is 15.2. The maximum absolute atomic E-state index is 2.63. The summed E-state index contributed by atoms with van der Waals surface area (Å²) in [7, 11) is 0. The molecule has 0 saturated heterocycles. The molecule has 0 spiro atoms. The quantitative estimate of drug-likeness (QED) is 0.163. The van der Waals surface area contributed by atoms with Gasteiger partial charge in [-0.05, 0) is 120 Å². The van der Waals surface area contributed by atoms with Crippen molar-refractivity contribution in [3.8, 4) is 55.9 Å². The van der Waals surface area contributed by atoms with Crippen molar-refractivity contribution in [3.05, 3.63) is 174 Å². The summed E-state index contributed by atoms with van der Waals surface area (Å²) in [4.78, 5) is 0. The summed E-state index contributed by atoms with van der Waals surface area (Å²) in [6, 6.07) is 57.7. The Morgan fingerprint density at radius 3 is 1.22 bits per heavy atom. The minimum atomic E-state index is 0.160. The Labute approximate surface area is 300 Å². The van der Waals surface area contributed by atoms with E-state index in [4.69, 9.17) is 0 Å². The third-order valence-corrected chi connectivity index (χ3v) is 11.4. The second kappa shape index (κ2) is 11.4. The molecular weight excluding hydrogens is 615 g/mol. The van der Waals surface area contributed by atoms with Crippen LogP contribution >= 0.6 is 0 Å². The predicted octanol–water partition coefficient (Wildman–Crippen LogP) is 13.1. The lowest BCUT2D eigenvalue weighted by molar-refractivity contribution is -0.672. The fourth-order valence-corrected chi connectivity index (χ4v) is 8.58. The fraction of sp³-hybridized carbons (Fsp3) is 0.140. The van der Waals surface area contributed by atoms with Crippen LogP contribution < -0.4 is 4.57 Å². The molecule has 0 amide bonds. The van der Waals surface area contributed by atoms with E-state index in [0.29, 0.717) is 11.8 Å². The molecule has 1 nitrogen and oxygen atoms in total. The fourth-order valence-electron chi connectivity index (χ4n) is 8.58. The van der Waals surface area contributed by atoms with Gasteiger partial charge in [0.2, 0.25) is 17.4 Å². The number of benzene rings is 7. The lowest BCUT2D eigenvalue weighted by atomic mass is 9.88. The minimum absolute atomic E-state index is 0.160. The molecule has 1 aromatic heterocycles. The van der Waals surface area contributed by atoms with Crippen molar-refractivity contribution >= 4 is 21.5 Å². The van der Waals surface area contributed by atoms with E-state index in [1.54, 1.807) is 0 Å². The van der Waals surface area contributed by atoms with Crippen LogP contribution in [-0.4, -0.2) is 0 Å². The van der Waals surface area contributed by atoms with E-state index in [9.17, 15) is 0 Å². The molecule has 0 unspecified atom stereocenters. The topological polar surface area (TPSA) is 3.88 Å². The third-order valence-electron chi connectivity index (χ3n) is 11.4. The molecule has 0 fully saturated rings. The highest BCUT2D eigenvalue weighted by atomic mass is 15.1. The summed E-state index contributed by atoms with van der Waals surface area (Å²) in [5.74, 6) is 0.974. The van der Waals surface area contributed by atoms with Gasteiger partial charge in [-0.3, -0.25) is 0 Å². The molecule has 0 bridgehead atoms. The average molecular weight is 655 g/mol. The van der Waals surface area contributed by atoms with Crippen LogP contribution in [0.1, 0.15) is 67.8 Å². The summed E-state index contributed by atoms with van der Waals surface area (Å²) < 4.78 is 2.63. The Balaban J connectivity index is 1.25. The van der Waals surface area contributed by atoms with Crippen LogP contribution in [0.15, 0.2) is 152 Å². The number of fused-ring (bicyclic) bond motifs is 8. The molecule has 0 radical (unpaired) electrons. The number of nitrogens with zero attached hydrogens (tertiary/aromatic N) is 1. The monoisotopic (exact) mass is 654 g/mol. The van der Waals surface area contributed by atoms with Gasteiger partial charge >= 0.3 is 0 Å². The first kappa shape index (κ1) is 30.1. The molecule has 244 valence electrons. The Morgan fingerprint density at radius 2 is 0.784 bits per heavy atom. The molecule has 8 aromatic rings. The summed E-state index contributed by atoms with van der Waals surface area (Å²) >= 11 is 0. The average Bonchev–Trinajstić information content (AvgIpc) is 3.66. The van der Waals surface area contributed by atoms with Gasteiger partial charge in [-0.1, -0.05) is 125 Å². The van der Waals surface area contributed by atoms with Gasteiger partial charge in [0.1, 0.15) is 0 Å². The first-order valence-electron chi connectivity index (χ1n) is 18.4. The number of hydrogen-bond acceptors (Lipinski definition) is 0. The Bertz CT molecular complexity index is 2500. The molecule has 3 heterocycles. The SMILES string of the molecule is CC(C)c1ccc2cc3c(cc2c1)-c1cc(-c2cc(-c4ccccc4)cc(-c4ccccc4)c2)cc2[n+]1C3c1cc3ccc(C(C)C)cc3cc1-2. The highest BCUT2D eigenvalue weighted by molar-refractivity contribution is 5.95. The molecule has 1 heteroatoms. The van der Waals surface area contributed by atoms with E-state index in [1.165, 1.54) is 99.7 Å². The van der Waals surface area contributed by atoms with Gasteiger partial charge in [-0.2, -0.15) is 4.57 Å². The molecular formula is C50H40N+. The minimum Gasteiger partial charge on any atom is -0.180 e. The maximum atomic E-state index is 2.63. The van der Waals surface area contributed by atoms with Crippen molar-refractivity contribution in [2.75, 3.05) is 0 Å². The largest absolute Gasteiger partial charge is 0.215 e. The van der Waals surface area contributed by atoms with E-state index in [2.05, 4.69) is 184 Å². The Hall–Kier alpha value is -5.79. The number of rotatable bonds is 5.